The Kier molecular flexibility index (Phi) is 5.72. The molecule has 0 radical (unpaired) electrons. The minimum Gasteiger partial charge on any atom is -0.387 e. The lowest BCUT2D eigenvalue weighted by Crippen LogP contribution is -2.53. The van der Waals surface area contributed by atoms with Gasteiger partial charge < -0.3 is 20.6 Å². The average Bonchev–Trinajstić information content (AvgIpc) is 2.25. The quantitative estimate of drug-likeness (QED) is 0.600. The van der Waals surface area contributed by atoms with E-state index in [1.165, 1.54) is 0 Å². The fraction of sp³-hybridized carbons (Fsp3) is 0.909. The second kappa shape index (κ2) is 6.58. The van der Waals surface area contributed by atoms with Crippen LogP contribution in [0.5, 0.6) is 0 Å². The van der Waals surface area contributed by atoms with E-state index in [4.69, 9.17) is 0 Å². The first-order chi connectivity index (χ1) is 7.91. The molecule has 100 valence electrons. The number of carbonyl (C=O) groups is 1. The van der Waals surface area contributed by atoms with E-state index < -0.39 is 5.60 Å². The van der Waals surface area contributed by atoms with Crippen LogP contribution in [0.3, 0.4) is 0 Å². The van der Waals surface area contributed by atoms with Gasteiger partial charge in [-0.3, -0.25) is 4.79 Å². The van der Waals surface area contributed by atoms with E-state index in [0.29, 0.717) is 6.54 Å². The van der Waals surface area contributed by atoms with Crippen LogP contribution < -0.4 is 10.6 Å². The molecule has 1 saturated heterocycles. The Balaban J connectivity index is 2.31. The standard InChI is InChI=1S/C11H23N3O2S/c1-11(16,8-14(2)3)7-13-10(15)9-6-17-5-4-12-9/h9,12,16H,4-8H2,1-3H3,(H,13,15). The van der Waals surface area contributed by atoms with Crippen molar-refractivity contribution in [3.8, 4) is 0 Å². The molecule has 0 aromatic carbocycles. The number of hydrogen-bond acceptors (Lipinski definition) is 5. The number of likely N-dealkylation sites (N-methyl/N-ethyl adjacent to an activating group) is 1. The zero-order valence-electron chi connectivity index (χ0n) is 10.8. The zero-order valence-corrected chi connectivity index (χ0v) is 11.6. The van der Waals surface area contributed by atoms with Crippen molar-refractivity contribution in [1.29, 1.82) is 0 Å². The molecule has 0 bridgehead atoms. The topological polar surface area (TPSA) is 64.6 Å². The summed E-state index contributed by atoms with van der Waals surface area (Å²) < 4.78 is 0. The van der Waals surface area contributed by atoms with E-state index in [9.17, 15) is 9.90 Å². The molecule has 1 aliphatic heterocycles. The van der Waals surface area contributed by atoms with Gasteiger partial charge >= 0.3 is 0 Å². The molecule has 1 heterocycles. The first kappa shape index (κ1) is 14.8. The summed E-state index contributed by atoms with van der Waals surface area (Å²) in [6.45, 7) is 3.42. The number of nitrogens with zero attached hydrogens (tertiary/aromatic N) is 1. The Morgan fingerprint density at radius 3 is 2.88 bits per heavy atom. The smallest absolute Gasteiger partial charge is 0.238 e. The molecule has 0 spiro atoms. The highest BCUT2D eigenvalue weighted by atomic mass is 32.2. The second-order valence-corrected chi connectivity index (χ2v) is 6.18. The van der Waals surface area contributed by atoms with Crippen molar-refractivity contribution in [2.24, 2.45) is 0 Å². The first-order valence-electron chi connectivity index (χ1n) is 5.87. The van der Waals surface area contributed by atoms with E-state index in [-0.39, 0.29) is 18.5 Å². The number of rotatable bonds is 5. The zero-order chi connectivity index (χ0) is 12.9. The third-order valence-corrected chi connectivity index (χ3v) is 3.60. The van der Waals surface area contributed by atoms with Crippen molar-refractivity contribution in [2.75, 3.05) is 45.2 Å². The molecular weight excluding hydrogens is 238 g/mol. The summed E-state index contributed by atoms with van der Waals surface area (Å²) in [6.07, 6.45) is 0. The maximum Gasteiger partial charge on any atom is 0.238 e. The van der Waals surface area contributed by atoms with Gasteiger partial charge in [0.15, 0.2) is 0 Å². The van der Waals surface area contributed by atoms with Crippen molar-refractivity contribution < 1.29 is 9.90 Å². The summed E-state index contributed by atoms with van der Waals surface area (Å²) in [5.41, 5.74) is -0.888. The normalized spacial score (nSPS) is 24.4. The van der Waals surface area contributed by atoms with Crippen LogP contribution in [0, 0.1) is 0 Å². The Morgan fingerprint density at radius 2 is 2.35 bits per heavy atom. The third-order valence-electron chi connectivity index (χ3n) is 2.54. The van der Waals surface area contributed by atoms with Gasteiger partial charge in [-0.15, -0.1) is 0 Å². The second-order valence-electron chi connectivity index (χ2n) is 5.03. The maximum absolute atomic E-state index is 11.8. The minimum absolute atomic E-state index is 0.0174. The lowest BCUT2D eigenvalue weighted by atomic mass is 10.1. The predicted molar refractivity (Wildman–Crippen MR) is 71.3 cm³/mol. The van der Waals surface area contributed by atoms with Gasteiger partial charge in [0, 0.05) is 31.1 Å². The van der Waals surface area contributed by atoms with Crippen LogP contribution in [0.1, 0.15) is 6.92 Å². The molecule has 17 heavy (non-hydrogen) atoms. The maximum atomic E-state index is 11.8. The Bertz CT molecular complexity index is 253. The fourth-order valence-corrected chi connectivity index (χ4v) is 2.81. The summed E-state index contributed by atoms with van der Waals surface area (Å²) in [4.78, 5) is 13.7. The first-order valence-corrected chi connectivity index (χ1v) is 7.02. The van der Waals surface area contributed by atoms with Crippen LogP contribution in [-0.4, -0.2) is 72.8 Å². The molecule has 1 rings (SSSR count). The van der Waals surface area contributed by atoms with Gasteiger partial charge in [0.05, 0.1) is 11.6 Å². The molecule has 5 nitrogen and oxygen atoms in total. The van der Waals surface area contributed by atoms with Gasteiger partial charge in [-0.25, -0.2) is 0 Å². The van der Waals surface area contributed by atoms with Crippen LogP contribution in [0.2, 0.25) is 0 Å². The number of nitrogens with one attached hydrogen (secondary N) is 2. The van der Waals surface area contributed by atoms with Crippen molar-refractivity contribution >= 4 is 17.7 Å². The number of carbonyl (C=O) groups excluding carboxylic acids is 1. The van der Waals surface area contributed by atoms with Crippen molar-refractivity contribution in [3.05, 3.63) is 0 Å². The molecule has 6 heteroatoms. The molecular formula is C11H23N3O2S. The largest absolute Gasteiger partial charge is 0.387 e. The van der Waals surface area contributed by atoms with Gasteiger partial charge in [-0.1, -0.05) is 0 Å². The predicted octanol–water partition coefficient (Wildman–Crippen LogP) is -0.880. The summed E-state index contributed by atoms with van der Waals surface area (Å²) in [5, 5.41) is 16.0. The molecule has 0 aromatic rings. The molecule has 1 aliphatic rings. The van der Waals surface area contributed by atoms with E-state index in [2.05, 4.69) is 10.6 Å². The van der Waals surface area contributed by atoms with E-state index >= 15 is 0 Å². The molecule has 0 aliphatic carbocycles. The summed E-state index contributed by atoms with van der Waals surface area (Å²) >= 11 is 1.78. The van der Waals surface area contributed by atoms with Crippen LogP contribution >= 0.6 is 11.8 Å². The summed E-state index contributed by atoms with van der Waals surface area (Å²) in [6, 6.07) is -0.121. The molecule has 0 aromatic heterocycles. The summed E-state index contributed by atoms with van der Waals surface area (Å²) in [5.74, 6) is 1.85. The Hall–Kier alpha value is -0.300. The lowest BCUT2D eigenvalue weighted by Gasteiger charge is -2.29. The SMILES string of the molecule is CN(C)CC(C)(O)CNC(=O)C1CSCCN1. The molecule has 2 unspecified atom stereocenters. The lowest BCUT2D eigenvalue weighted by molar-refractivity contribution is -0.123. The number of aliphatic hydroxyl groups is 1. The van der Waals surface area contributed by atoms with Crippen LogP contribution in [0.15, 0.2) is 0 Å². The third kappa shape index (κ3) is 5.72. The van der Waals surface area contributed by atoms with Crippen molar-refractivity contribution in [3.63, 3.8) is 0 Å². The highest BCUT2D eigenvalue weighted by Gasteiger charge is 2.25. The molecule has 2 atom stereocenters. The molecule has 3 N–H and O–H groups in total. The average molecular weight is 261 g/mol. The van der Waals surface area contributed by atoms with E-state index in [1.807, 2.05) is 19.0 Å². The van der Waals surface area contributed by atoms with Crippen molar-refractivity contribution in [1.82, 2.24) is 15.5 Å². The minimum atomic E-state index is -0.888. The van der Waals surface area contributed by atoms with Gasteiger partial charge in [0.2, 0.25) is 5.91 Å². The molecule has 1 fully saturated rings. The van der Waals surface area contributed by atoms with Gasteiger partial charge in [0.1, 0.15) is 0 Å². The van der Waals surface area contributed by atoms with Gasteiger partial charge in [-0.2, -0.15) is 11.8 Å². The van der Waals surface area contributed by atoms with Crippen LogP contribution in [0.4, 0.5) is 0 Å². The van der Waals surface area contributed by atoms with Crippen LogP contribution in [-0.2, 0) is 4.79 Å². The van der Waals surface area contributed by atoms with Crippen LogP contribution in [0.25, 0.3) is 0 Å². The number of amides is 1. The number of hydrogen-bond donors (Lipinski definition) is 3. The highest BCUT2D eigenvalue weighted by molar-refractivity contribution is 7.99. The van der Waals surface area contributed by atoms with Crippen molar-refractivity contribution in [2.45, 2.75) is 18.6 Å². The van der Waals surface area contributed by atoms with Gasteiger partial charge in [0.25, 0.3) is 0 Å². The number of thioether (sulfide) groups is 1. The summed E-state index contributed by atoms with van der Waals surface area (Å²) in [7, 11) is 3.80. The highest BCUT2D eigenvalue weighted by Crippen LogP contribution is 2.08. The van der Waals surface area contributed by atoms with Gasteiger partial charge in [-0.05, 0) is 21.0 Å². The Morgan fingerprint density at radius 1 is 1.65 bits per heavy atom. The van der Waals surface area contributed by atoms with E-state index in [1.54, 1.807) is 18.7 Å². The van der Waals surface area contributed by atoms with E-state index in [0.717, 1.165) is 18.1 Å². The fourth-order valence-electron chi connectivity index (χ4n) is 1.87. The monoisotopic (exact) mass is 261 g/mol. The molecule has 0 saturated carbocycles. The molecule has 1 amide bonds. The Labute approximate surface area is 107 Å².